The van der Waals surface area contributed by atoms with Crippen molar-refractivity contribution < 1.29 is 13.2 Å². The molecule has 2 aromatic carbocycles. The van der Waals surface area contributed by atoms with Crippen molar-refractivity contribution in [3.8, 4) is 0 Å². The van der Waals surface area contributed by atoms with Gasteiger partial charge in [0, 0.05) is 7.11 Å². The molecule has 0 bridgehead atoms. The van der Waals surface area contributed by atoms with Crippen LogP contribution in [0.3, 0.4) is 0 Å². The highest BCUT2D eigenvalue weighted by molar-refractivity contribution is 7.95. The molecule has 0 aliphatic heterocycles. The number of benzene rings is 2. The number of allylic oxidation sites excluding steroid dienone is 1. The minimum absolute atomic E-state index is 0.238. The van der Waals surface area contributed by atoms with Crippen LogP contribution in [-0.2, 0) is 14.6 Å². The van der Waals surface area contributed by atoms with Gasteiger partial charge < -0.3 is 4.74 Å². The Morgan fingerprint density at radius 2 is 1.59 bits per heavy atom. The van der Waals surface area contributed by atoms with Gasteiger partial charge in [0.2, 0.25) is 9.84 Å². The molecule has 4 heteroatoms. The van der Waals surface area contributed by atoms with Crippen molar-refractivity contribution in [2.45, 2.75) is 4.90 Å². The summed E-state index contributed by atoms with van der Waals surface area (Å²) < 4.78 is 30.5. The molecule has 114 valence electrons. The average molecular weight is 314 g/mol. The van der Waals surface area contributed by atoms with Gasteiger partial charge in [-0.05, 0) is 29.8 Å². The van der Waals surface area contributed by atoms with Crippen molar-refractivity contribution in [3.63, 3.8) is 0 Å². The maximum Gasteiger partial charge on any atom is 0.206 e. The SMILES string of the molecule is COC/C=C/C(=C/c1ccccc1)S(=O)(=O)c1ccccc1. The highest BCUT2D eigenvalue weighted by atomic mass is 32.2. The van der Waals surface area contributed by atoms with Gasteiger partial charge in [0.1, 0.15) is 0 Å². The summed E-state index contributed by atoms with van der Waals surface area (Å²) in [5, 5.41) is 0. The van der Waals surface area contributed by atoms with Crippen LogP contribution in [0.5, 0.6) is 0 Å². The van der Waals surface area contributed by atoms with E-state index in [1.807, 2.05) is 30.3 Å². The van der Waals surface area contributed by atoms with Crippen molar-refractivity contribution in [3.05, 3.63) is 83.3 Å². The molecule has 0 N–H and O–H groups in total. The highest BCUT2D eigenvalue weighted by Crippen LogP contribution is 2.22. The van der Waals surface area contributed by atoms with Gasteiger partial charge in [-0.3, -0.25) is 0 Å². The van der Waals surface area contributed by atoms with E-state index in [2.05, 4.69) is 0 Å². The minimum atomic E-state index is -3.56. The van der Waals surface area contributed by atoms with Gasteiger partial charge >= 0.3 is 0 Å². The smallest absolute Gasteiger partial charge is 0.206 e. The third-order valence-corrected chi connectivity index (χ3v) is 4.78. The lowest BCUT2D eigenvalue weighted by Gasteiger charge is -2.06. The lowest BCUT2D eigenvalue weighted by Crippen LogP contribution is -2.03. The van der Waals surface area contributed by atoms with Crippen molar-refractivity contribution in [1.29, 1.82) is 0 Å². The van der Waals surface area contributed by atoms with Crippen molar-refractivity contribution in [1.82, 2.24) is 0 Å². The van der Waals surface area contributed by atoms with Gasteiger partial charge in [0.05, 0.1) is 16.4 Å². The Morgan fingerprint density at radius 3 is 2.18 bits per heavy atom. The number of rotatable bonds is 6. The summed E-state index contributed by atoms with van der Waals surface area (Å²) in [6, 6.07) is 17.8. The second-order valence-electron chi connectivity index (χ2n) is 4.63. The molecule has 0 aromatic heterocycles. The van der Waals surface area contributed by atoms with Crippen LogP contribution >= 0.6 is 0 Å². The highest BCUT2D eigenvalue weighted by Gasteiger charge is 2.18. The zero-order chi connectivity index (χ0) is 15.8. The van der Waals surface area contributed by atoms with E-state index in [1.54, 1.807) is 55.7 Å². The average Bonchev–Trinajstić information content (AvgIpc) is 2.56. The molecule has 22 heavy (non-hydrogen) atoms. The molecule has 0 fully saturated rings. The molecular formula is C18H18O3S. The summed E-state index contributed by atoms with van der Waals surface area (Å²) in [4.78, 5) is 0.515. The molecule has 0 radical (unpaired) electrons. The van der Waals surface area contributed by atoms with Crippen LogP contribution in [-0.4, -0.2) is 22.1 Å². The quantitative estimate of drug-likeness (QED) is 0.764. The molecule has 0 saturated heterocycles. The van der Waals surface area contributed by atoms with Crippen LogP contribution in [0.15, 0.2) is 82.6 Å². The first-order valence-corrected chi connectivity index (χ1v) is 8.35. The Hall–Kier alpha value is -2.17. The number of hydrogen-bond donors (Lipinski definition) is 0. The molecule has 0 unspecified atom stereocenters. The third-order valence-electron chi connectivity index (χ3n) is 3.02. The number of ether oxygens (including phenoxy) is 1. The zero-order valence-electron chi connectivity index (χ0n) is 12.3. The number of sulfone groups is 1. The van der Waals surface area contributed by atoms with E-state index in [0.29, 0.717) is 6.61 Å². The molecule has 0 aliphatic rings. The normalized spacial score (nSPS) is 12.7. The molecule has 0 heterocycles. The van der Waals surface area contributed by atoms with Gasteiger partial charge in [-0.25, -0.2) is 8.42 Å². The summed E-state index contributed by atoms with van der Waals surface area (Å²) in [5.74, 6) is 0. The topological polar surface area (TPSA) is 43.4 Å². The van der Waals surface area contributed by atoms with Crippen LogP contribution in [0.4, 0.5) is 0 Å². The zero-order valence-corrected chi connectivity index (χ0v) is 13.2. The minimum Gasteiger partial charge on any atom is -0.381 e. The lowest BCUT2D eigenvalue weighted by atomic mass is 10.2. The third kappa shape index (κ3) is 4.16. The van der Waals surface area contributed by atoms with E-state index in [-0.39, 0.29) is 9.80 Å². The Balaban J connectivity index is 2.47. The number of methoxy groups -OCH3 is 1. The summed E-state index contributed by atoms with van der Waals surface area (Å²) >= 11 is 0. The van der Waals surface area contributed by atoms with Gasteiger partial charge in [0.15, 0.2) is 0 Å². The van der Waals surface area contributed by atoms with E-state index in [0.717, 1.165) is 5.56 Å². The maximum absolute atomic E-state index is 12.8. The summed E-state index contributed by atoms with van der Waals surface area (Å²) in [6.07, 6.45) is 4.93. The Morgan fingerprint density at radius 1 is 1.00 bits per heavy atom. The summed E-state index contributed by atoms with van der Waals surface area (Å²) in [7, 11) is -1.99. The molecule has 2 rings (SSSR count). The van der Waals surface area contributed by atoms with E-state index >= 15 is 0 Å². The Labute approximate surface area is 131 Å². The molecule has 0 spiro atoms. The molecule has 0 atom stereocenters. The second-order valence-corrected chi connectivity index (χ2v) is 6.58. The summed E-state index contributed by atoms with van der Waals surface area (Å²) in [6.45, 7) is 0.358. The predicted octanol–water partition coefficient (Wildman–Crippen LogP) is 3.70. The fraction of sp³-hybridized carbons (Fsp3) is 0.111. The number of hydrogen-bond acceptors (Lipinski definition) is 3. The van der Waals surface area contributed by atoms with Gasteiger partial charge in [-0.15, -0.1) is 0 Å². The molecule has 0 amide bonds. The summed E-state index contributed by atoms with van der Waals surface area (Å²) in [5.41, 5.74) is 0.832. The Kier molecular flexibility index (Phi) is 5.69. The molecule has 0 saturated carbocycles. The molecule has 2 aromatic rings. The standard InChI is InChI=1S/C18H18O3S/c1-21-14-8-13-18(15-16-9-4-2-5-10-16)22(19,20)17-11-6-3-7-12-17/h2-13,15H,14H2,1H3/b13-8+,18-15-. The van der Waals surface area contributed by atoms with Crippen molar-refractivity contribution in [2.24, 2.45) is 0 Å². The fourth-order valence-electron chi connectivity index (χ4n) is 1.93. The van der Waals surface area contributed by atoms with Crippen LogP contribution in [0, 0.1) is 0 Å². The molecule has 0 aliphatic carbocycles. The van der Waals surface area contributed by atoms with Gasteiger partial charge in [-0.2, -0.15) is 0 Å². The first-order valence-electron chi connectivity index (χ1n) is 6.87. The monoisotopic (exact) mass is 314 g/mol. The second kappa shape index (κ2) is 7.73. The first kappa shape index (κ1) is 16.2. The van der Waals surface area contributed by atoms with E-state index in [4.69, 9.17) is 4.74 Å². The van der Waals surface area contributed by atoms with Crippen LogP contribution in [0.2, 0.25) is 0 Å². The van der Waals surface area contributed by atoms with Crippen LogP contribution in [0.1, 0.15) is 5.56 Å². The van der Waals surface area contributed by atoms with Crippen LogP contribution < -0.4 is 0 Å². The van der Waals surface area contributed by atoms with Crippen LogP contribution in [0.25, 0.3) is 6.08 Å². The van der Waals surface area contributed by atoms with Crippen molar-refractivity contribution >= 4 is 15.9 Å². The maximum atomic E-state index is 12.8. The molecular weight excluding hydrogens is 296 g/mol. The Bertz CT molecular complexity index is 745. The largest absolute Gasteiger partial charge is 0.381 e. The first-order chi connectivity index (χ1) is 10.6. The van der Waals surface area contributed by atoms with E-state index in [1.165, 1.54) is 0 Å². The fourth-order valence-corrected chi connectivity index (χ4v) is 3.28. The predicted molar refractivity (Wildman–Crippen MR) is 89.1 cm³/mol. The van der Waals surface area contributed by atoms with Gasteiger partial charge in [-0.1, -0.05) is 54.6 Å². The lowest BCUT2D eigenvalue weighted by molar-refractivity contribution is 0.234. The van der Waals surface area contributed by atoms with Gasteiger partial charge in [0.25, 0.3) is 0 Å². The van der Waals surface area contributed by atoms with E-state index in [9.17, 15) is 8.42 Å². The van der Waals surface area contributed by atoms with E-state index < -0.39 is 9.84 Å². The van der Waals surface area contributed by atoms with Crippen molar-refractivity contribution in [2.75, 3.05) is 13.7 Å². The molecule has 3 nitrogen and oxygen atoms in total.